The highest BCUT2D eigenvalue weighted by molar-refractivity contribution is 5.47. The molecular weight excluding hydrogens is 256 g/mol. The van der Waals surface area contributed by atoms with Gasteiger partial charge in [-0.3, -0.25) is 4.90 Å². The van der Waals surface area contributed by atoms with E-state index in [1.807, 2.05) is 32.0 Å². The highest BCUT2D eigenvalue weighted by Crippen LogP contribution is 2.24. The molecule has 1 saturated heterocycles. The van der Waals surface area contributed by atoms with Crippen molar-refractivity contribution in [1.82, 2.24) is 4.90 Å². The van der Waals surface area contributed by atoms with E-state index < -0.39 is 0 Å². The lowest BCUT2D eigenvalue weighted by Crippen LogP contribution is -2.53. The summed E-state index contributed by atoms with van der Waals surface area (Å²) in [4.78, 5) is 2.28. The molecule has 1 aromatic carbocycles. The lowest BCUT2D eigenvalue weighted by atomic mass is 10.0. The second-order valence-corrected chi connectivity index (χ2v) is 5.97. The number of methoxy groups -OCH3 is 1. The largest absolute Gasteiger partial charge is 0.497 e. The molecule has 1 heterocycles. The Morgan fingerprint density at radius 2 is 2.20 bits per heavy atom. The van der Waals surface area contributed by atoms with Crippen LogP contribution in [0, 0.1) is 0 Å². The fourth-order valence-electron chi connectivity index (χ4n) is 2.79. The van der Waals surface area contributed by atoms with Crippen LogP contribution in [0.15, 0.2) is 18.2 Å². The fourth-order valence-corrected chi connectivity index (χ4v) is 2.79. The molecule has 0 saturated carbocycles. The Morgan fingerprint density at radius 1 is 1.45 bits per heavy atom. The number of morpholine rings is 1. The van der Waals surface area contributed by atoms with Gasteiger partial charge in [-0.2, -0.15) is 0 Å². The molecule has 0 aliphatic carbocycles. The van der Waals surface area contributed by atoms with E-state index in [1.54, 1.807) is 7.11 Å². The maximum atomic E-state index is 9.34. The number of nitrogens with two attached hydrogens (primary N) is 1. The van der Waals surface area contributed by atoms with Gasteiger partial charge in [0.15, 0.2) is 0 Å². The van der Waals surface area contributed by atoms with Gasteiger partial charge in [-0.05, 0) is 31.5 Å². The van der Waals surface area contributed by atoms with Crippen LogP contribution in [0.4, 0.5) is 5.69 Å². The van der Waals surface area contributed by atoms with E-state index in [0.29, 0.717) is 5.69 Å². The molecule has 0 radical (unpaired) electrons. The smallest absolute Gasteiger partial charge is 0.121 e. The molecule has 5 heteroatoms. The number of hydrogen-bond acceptors (Lipinski definition) is 5. The van der Waals surface area contributed by atoms with Crippen LogP contribution in [-0.4, -0.2) is 48.5 Å². The first-order chi connectivity index (χ1) is 9.41. The monoisotopic (exact) mass is 280 g/mol. The molecule has 20 heavy (non-hydrogen) atoms. The average molecular weight is 280 g/mol. The minimum absolute atomic E-state index is 0.0418. The van der Waals surface area contributed by atoms with Crippen molar-refractivity contribution in [3.8, 4) is 5.75 Å². The molecule has 0 aromatic heterocycles. The summed E-state index contributed by atoms with van der Waals surface area (Å²) in [5.41, 5.74) is 7.44. The SMILES string of the molecule is COc1cc(N)cc(CN2CC(CO)OC(C)(C)C2)c1. The Morgan fingerprint density at radius 3 is 2.85 bits per heavy atom. The number of aliphatic hydroxyl groups is 1. The van der Waals surface area contributed by atoms with Gasteiger partial charge in [-0.1, -0.05) is 0 Å². The van der Waals surface area contributed by atoms with Crippen LogP contribution in [0.25, 0.3) is 0 Å². The number of anilines is 1. The van der Waals surface area contributed by atoms with Crippen molar-refractivity contribution in [2.24, 2.45) is 0 Å². The van der Waals surface area contributed by atoms with Crippen LogP contribution in [0.3, 0.4) is 0 Å². The molecule has 1 aromatic rings. The molecule has 1 fully saturated rings. The first-order valence-corrected chi connectivity index (χ1v) is 6.86. The molecule has 3 N–H and O–H groups in total. The molecule has 1 atom stereocenters. The molecule has 0 amide bonds. The number of ether oxygens (including phenoxy) is 2. The van der Waals surface area contributed by atoms with Gasteiger partial charge in [0, 0.05) is 31.4 Å². The van der Waals surface area contributed by atoms with Crippen LogP contribution in [0.1, 0.15) is 19.4 Å². The van der Waals surface area contributed by atoms with Gasteiger partial charge in [0.2, 0.25) is 0 Å². The molecule has 2 rings (SSSR count). The van der Waals surface area contributed by atoms with Crippen molar-refractivity contribution in [2.45, 2.75) is 32.1 Å². The summed E-state index contributed by atoms with van der Waals surface area (Å²) in [6.45, 7) is 6.44. The normalized spacial score (nSPS) is 22.7. The Hall–Kier alpha value is -1.30. The minimum Gasteiger partial charge on any atom is -0.497 e. The number of rotatable bonds is 4. The van der Waals surface area contributed by atoms with E-state index in [0.717, 1.165) is 30.9 Å². The standard InChI is InChI=1S/C15H24N2O3/c1-15(2)10-17(8-14(9-18)20-15)7-11-4-12(16)6-13(5-11)19-3/h4-6,14,18H,7-10,16H2,1-3H3. The highest BCUT2D eigenvalue weighted by atomic mass is 16.5. The van der Waals surface area contributed by atoms with E-state index in [2.05, 4.69) is 4.90 Å². The second-order valence-electron chi connectivity index (χ2n) is 5.97. The number of hydrogen-bond donors (Lipinski definition) is 2. The molecule has 0 bridgehead atoms. The molecule has 112 valence electrons. The van der Waals surface area contributed by atoms with Crippen molar-refractivity contribution >= 4 is 5.69 Å². The third-order valence-corrected chi connectivity index (χ3v) is 3.39. The van der Waals surface area contributed by atoms with Crippen molar-refractivity contribution in [1.29, 1.82) is 0 Å². The van der Waals surface area contributed by atoms with Crippen LogP contribution < -0.4 is 10.5 Å². The summed E-state index contributed by atoms with van der Waals surface area (Å²) in [6, 6.07) is 5.76. The van der Waals surface area contributed by atoms with Crippen molar-refractivity contribution in [2.75, 3.05) is 32.5 Å². The fraction of sp³-hybridized carbons (Fsp3) is 0.600. The van der Waals surface area contributed by atoms with Gasteiger partial charge in [0.25, 0.3) is 0 Å². The van der Waals surface area contributed by atoms with Crippen molar-refractivity contribution in [3.05, 3.63) is 23.8 Å². The first-order valence-electron chi connectivity index (χ1n) is 6.86. The molecule has 1 aliphatic rings. The maximum absolute atomic E-state index is 9.34. The Labute approximate surface area is 120 Å². The highest BCUT2D eigenvalue weighted by Gasteiger charge is 2.32. The van der Waals surface area contributed by atoms with E-state index in [-0.39, 0.29) is 18.3 Å². The van der Waals surface area contributed by atoms with Crippen molar-refractivity contribution < 1.29 is 14.6 Å². The Bertz CT molecular complexity index is 462. The van der Waals surface area contributed by atoms with Gasteiger partial charge in [0.05, 0.1) is 25.4 Å². The van der Waals surface area contributed by atoms with E-state index in [9.17, 15) is 5.11 Å². The van der Waals surface area contributed by atoms with Crippen LogP contribution >= 0.6 is 0 Å². The van der Waals surface area contributed by atoms with E-state index in [1.165, 1.54) is 0 Å². The quantitative estimate of drug-likeness (QED) is 0.812. The molecule has 5 nitrogen and oxygen atoms in total. The van der Waals surface area contributed by atoms with Crippen LogP contribution in [0.5, 0.6) is 5.75 Å². The molecular formula is C15H24N2O3. The second kappa shape index (κ2) is 5.99. The maximum Gasteiger partial charge on any atom is 0.121 e. The summed E-state index contributed by atoms with van der Waals surface area (Å²) < 4.78 is 11.1. The summed E-state index contributed by atoms with van der Waals surface area (Å²) in [5, 5.41) is 9.34. The van der Waals surface area contributed by atoms with Crippen LogP contribution in [-0.2, 0) is 11.3 Å². The Balaban J connectivity index is 2.10. The first kappa shape index (κ1) is 15.1. The zero-order valence-electron chi connectivity index (χ0n) is 12.4. The average Bonchev–Trinajstić information content (AvgIpc) is 2.35. The lowest BCUT2D eigenvalue weighted by molar-refractivity contribution is -0.150. The number of benzene rings is 1. The van der Waals surface area contributed by atoms with Gasteiger partial charge < -0.3 is 20.3 Å². The third kappa shape index (κ3) is 3.85. The van der Waals surface area contributed by atoms with Crippen molar-refractivity contribution in [3.63, 3.8) is 0 Å². The van der Waals surface area contributed by atoms with Gasteiger partial charge in [-0.15, -0.1) is 0 Å². The zero-order valence-corrected chi connectivity index (χ0v) is 12.4. The minimum atomic E-state index is -0.254. The molecule has 0 spiro atoms. The predicted octanol–water partition coefficient (Wildman–Crippen LogP) is 1.25. The summed E-state index contributed by atoms with van der Waals surface area (Å²) in [7, 11) is 1.64. The zero-order chi connectivity index (χ0) is 14.8. The lowest BCUT2D eigenvalue weighted by Gasteiger charge is -2.42. The van der Waals surface area contributed by atoms with Gasteiger partial charge >= 0.3 is 0 Å². The van der Waals surface area contributed by atoms with Gasteiger partial charge in [0.1, 0.15) is 5.75 Å². The van der Waals surface area contributed by atoms with Crippen LogP contribution in [0.2, 0.25) is 0 Å². The number of aliphatic hydroxyl groups excluding tert-OH is 1. The summed E-state index contributed by atoms with van der Waals surface area (Å²) >= 11 is 0. The molecule has 1 unspecified atom stereocenters. The summed E-state index contributed by atoms with van der Waals surface area (Å²) in [6.07, 6.45) is -0.137. The number of nitrogens with zero attached hydrogens (tertiary/aromatic N) is 1. The Kier molecular flexibility index (Phi) is 4.52. The van der Waals surface area contributed by atoms with Gasteiger partial charge in [-0.25, -0.2) is 0 Å². The summed E-state index contributed by atoms with van der Waals surface area (Å²) in [5.74, 6) is 0.770. The predicted molar refractivity (Wildman–Crippen MR) is 78.7 cm³/mol. The van der Waals surface area contributed by atoms with E-state index >= 15 is 0 Å². The van der Waals surface area contributed by atoms with E-state index in [4.69, 9.17) is 15.2 Å². The topological polar surface area (TPSA) is 68.0 Å². The molecule has 1 aliphatic heterocycles. The third-order valence-electron chi connectivity index (χ3n) is 3.39. The number of nitrogen functional groups attached to an aromatic ring is 1.